The summed E-state index contributed by atoms with van der Waals surface area (Å²) in [5.41, 5.74) is 2.28. The van der Waals surface area contributed by atoms with Crippen LogP contribution in [-0.2, 0) is 29.8 Å². The second-order valence-corrected chi connectivity index (χ2v) is 8.09. The lowest BCUT2D eigenvalue weighted by Gasteiger charge is -2.13. The van der Waals surface area contributed by atoms with Crippen molar-refractivity contribution >= 4 is 29.9 Å². The topological polar surface area (TPSA) is 71.7 Å². The maximum Gasteiger partial charge on any atom is 0.213 e. The molecule has 0 aliphatic rings. The number of hydrogen-bond donors (Lipinski definition) is 2. The molecule has 0 saturated carbocycles. The summed E-state index contributed by atoms with van der Waals surface area (Å²) in [7, 11) is 0. The zero-order valence-corrected chi connectivity index (χ0v) is 20.7. The van der Waals surface area contributed by atoms with Crippen molar-refractivity contribution in [3.63, 3.8) is 0 Å². The van der Waals surface area contributed by atoms with Gasteiger partial charge in [-0.05, 0) is 31.9 Å². The molecule has 0 unspecified atom stereocenters. The van der Waals surface area contributed by atoms with Gasteiger partial charge < -0.3 is 19.8 Å². The zero-order valence-electron chi connectivity index (χ0n) is 18.4. The van der Waals surface area contributed by atoms with Gasteiger partial charge in [-0.1, -0.05) is 45.0 Å². The SMILES string of the molecule is CCNC(=NCc1ccc(COC(C)C)cc1)NCc1ncc(C(C)(C)C)o1.I. The Labute approximate surface area is 191 Å². The molecule has 2 rings (SSSR count). The first kappa shape index (κ1) is 25.4. The van der Waals surface area contributed by atoms with Crippen LogP contribution in [0.1, 0.15) is 64.3 Å². The second kappa shape index (κ2) is 12.2. The third kappa shape index (κ3) is 9.16. The first-order valence-corrected chi connectivity index (χ1v) is 9.94. The van der Waals surface area contributed by atoms with Crippen LogP contribution in [0.15, 0.2) is 39.9 Å². The summed E-state index contributed by atoms with van der Waals surface area (Å²) < 4.78 is 11.5. The summed E-state index contributed by atoms with van der Waals surface area (Å²) in [6.07, 6.45) is 2.03. The molecule has 1 aromatic carbocycles. The number of halogens is 1. The van der Waals surface area contributed by atoms with E-state index in [9.17, 15) is 0 Å². The van der Waals surface area contributed by atoms with Gasteiger partial charge in [0.25, 0.3) is 0 Å². The highest BCUT2D eigenvalue weighted by molar-refractivity contribution is 14.0. The van der Waals surface area contributed by atoms with Crippen LogP contribution in [0.5, 0.6) is 0 Å². The van der Waals surface area contributed by atoms with Crippen LogP contribution in [0.3, 0.4) is 0 Å². The Morgan fingerprint density at radius 3 is 2.34 bits per heavy atom. The third-order valence-electron chi connectivity index (χ3n) is 4.07. The molecule has 1 heterocycles. The number of aromatic nitrogens is 1. The molecule has 29 heavy (non-hydrogen) atoms. The Kier molecular flexibility index (Phi) is 10.7. The van der Waals surface area contributed by atoms with Crippen molar-refractivity contribution in [2.75, 3.05) is 6.54 Å². The molecule has 0 saturated heterocycles. The van der Waals surface area contributed by atoms with Crippen molar-refractivity contribution in [1.82, 2.24) is 15.6 Å². The average Bonchev–Trinajstić information content (AvgIpc) is 3.12. The number of oxazole rings is 1. The van der Waals surface area contributed by atoms with Crippen LogP contribution in [-0.4, -0.2) is 23.6 Å². The van der Waals surface area contributed by atoms with Gasteiger partial charge in [-0.25, -0.2) is 9.98 Å². The number of guanidine groups is 1. The Balaban J connectivity index is 0.00000420. The molecule has 0 aliphatic carbocycles. The molecule has 0 amide bonds. The fourth-order valence-electron chi connectivity index (χ4n) is 2.41. The molecule has 7 heteroatoms. The molecule has 2 aromatic rings. The summed E-state index contributed by atoms with van der Waals surface area (Å²) in [5.74, 6) is 2.28. The molecule has 1 aromatic heterocycles. The van der Waals surface area contributed by atoms with Gasteiger partial charge in [-0.2, -0.15) is 0 Å². The lowest BCUT2D eigenvalue weighted by Crippen LogP contribution is -2.36. The fourth-order valence-corrected chi connectivity index (χ4v) is 2.41. The number of hydrogen-bond acceptors (Lipinski definition) is 4. The molecule has 0 fully saturated rings. The van der Waals surface area contributed by atoms with Gasteiger partial charge in [-0.3, -0.25) is 0 Å². The van der Waals surface area contributed by atoms with E-state index in [0.717, 1.165) is 23.8 Å². The van der Waals surface area contributed by atoms with Crippen molar-refractivity contribution in [1.29, 1.82) is 0 Å². The quantitative estimate of drug-likeness (QED) is 0.302. The molecule has 0 aliphatic heterocycles. The first-order chi connectivity index (χ1) is 13.3. The standard InChI is InChI=1S/C22H34N4O2.HI/c1-7-23-21(26-14-20-24-13-19(28-20)22(4,5)6)25-12-17-8-10-18(11-9-17)15-27-16(2)3;/h8-11,13,16H,7,12,14-15H2,1-6H3,(H2,23,25,26);1H. The monoisotopic (exact) mass is 514 g/mol. The predicted octanol–water partition coefficient (Wildman–Crippen LogP) is 4.77. The van der Waals surface area contributed by atoms with E-state index in [-0.39, 0.29) is 35.5 Å². The molecule has 0 radical (unpaired) electrons. The van der Waals surface area contributed by atoms with Crippen molar-refractivity contribution in [3.05, 3.63) is 53.2 Å². The molecule has 2 N–H and O–H groups in total. The molecule has 0 bridgehead atoms. The van der Waals surface area contributed by atoms with Crippen molar-refractivity contribution in [2.24, 2.45) is 4.99 Å². The Morgan fingerprint density at radius 1 is 1.14 bits per heavy atom. The van der Waals surface area contributed by atoms with E-state index in [0.29, 0.717) is 25.6 Å². The summed E-state index contributed by atoms with van der Waals surface area (Å²) in [4.78, 5) is 9.00. The van der Waals surface area contributed by atoms with Gasteiger partial charge in [0.2, 0.25) is 5.89 Å². The Hall–Kier alpha value is -1.61. The van der Waals surface area contributed by atoms with Crippen molar-refractivity contribution in [3.8, 4) is 0 Å². The molecule has 162 valence electrons. The lowest BCUT2D eigenvalue weighted by atomic mass is 9.94. The van der Waals surface area contributed by atoms with Crippen molar-refractivity contribution in [2.45, 2.75) is 72.8 Å². The van der Waals surface area contributed by atoms with E-state index in [1.807, 2.05) is 20.8 Å². The average molecular weight is 514 g/mol. The third-order valence-corrected chi connectivity index (χ3v) is 4.07. The van der Waals surface area contributed by atoms with Gasteiger partial charge in [0.15, 0.2) is 5.96 Å². The molecule has 6 nitrogen and oxygen atoms in total. The van der Waals surface area contributed by atoms with Crippen LogP contribution < -0.4 is 10.6 Å². The fraction of sp³-hybridized carbons (Fsp3) is 0.545. The maximum atomic E-state index is 5.82. The van der Waals surface area contributed by atoms with Crippen LogP contribution >= 0.6 is 24.0 Å². The van der Waals surface area contributed by atoms with Gasteiger partial charge in [0, 0.05) is 12.0 Å². The zero-order chi connectivity index (χ0) is 20.6. The van der Waals surface area contributed by atoms with E-state index >= 15 is 0 Å². The van der Waals surface area contributed by atoms with Gasteiger partial charge in [-0.15, -0.1) is 24.0 Å². The molecular weight excluding hydrogens is 479 g/mol. The normalized spacial score (nSPS) is 12.0. The molecule has 0 spiro atoms. The first-order valence-electron chi connectivity index (χ1n) is 9.94. The van der Waals surface area contributed by atoms with Crippen LogP contribution in [0.2, 0.25) is 0 Å². The predicted molar refractivity (Wildman–Crippen MR) is 129 cm³/mol. The van der Waals surface area contributed by atoms with Crippen LogP contribution in [0.25, 0.3) is 0 Å². The summed E-state index contributed by atoms with van der Waals surface area (Å²) >= 11 is 0. The number of nitrogens with one attached hydrogen (secondary N) is 2. The number of nitrogens with zero attached hydrogens (tertiary/aromatic N) is 2. The van der Waals surface area contributed by atoms with Gasteiger partial charge >= 0.3 is 0 Å². The van der Waals surface area contributed by atoms with Gasteiger partial charge in [0.05, 0.1) is 32.0 Å². The van der Waals surface area contributed by atoms with Gasteiger partial charge in [0.1, 0.15) is 5.76 Å². The largest absolute Gasteiger partial charge is 0.443 e. The molecular formula is C22H35IN4O2. The van der Waals surface area contributed by atoms with E-state index in [4.69, 9.17) is 9.15 Å². The minimum Gasteiger partial charge on any atom is -0.443 e. The van der Waals surface area contributed by atoms with E-state index in [1.54, 1.807) is 6.20 Å². The Morgan fingerprint density at radius 2 is 1.79 bits per heavy atom. The lowest BCUT2D eigenvalue weighted by molar-refractivity contribution is 0.0657. The number of benzene rings is 1. The highest BCUT2D eigenvalue weighted by Gasteiger charge is 2.19. The number of ether oxygens (including phenoxy) is 1. The summed E-state index contributed by atoms with van der Waals surface area (Å²) in [5, 5.41) is 6.53. The summed E-state index contributed by atoms with van der Waals surface area (Å²) in [6, 6.07) is 8.37. The van der Waals surface area contributed by atoms with E-state index in [2.05, 4.69) is 65.6 Å². The second-order valence-electron chi connectivity index (χ2n) is 8.09. The summed E-state index contributed by atoms with van der Waals surface area (Å²) in [6.45, 7) is 15.0. The highest BCUT2D eigenvalue weighted by atomic mass is 127. The highest BCUT2D eigenvalue weighted by Crippen LogP contribution is 2.22. The van der Waals surface area contributed by atoms with E-state index in [1.165, 1.54) is 5.56 Å². The van der Waals surface area contributed by atoms with Crippen LogP contribution in [0.4, 0.5) is 0 Å². The number of rotatable bonds is 8. The van der Waals surface area contributed by atoms with Crippen molar-refractivity contribution < 1.29 is 9.15 Å². The maximum absolute atomic E-state index is 5.82. The molecule has 0 atom stereocenters. The van der Waals surface area contributed by atoms with Crippen LogP contribution in [0, 0.1) is 0 Å². The van der Waals surface area contributed by atoms with E-state index < -0.39 is 0 Å². The number of aliphatic imine (C=N–C) groups is 1. The Bertz CT molecular complexity index is 749. The minimum atomic E-state index is -0.0454. The minimum absolute atomic E-state index is 0. The smallest absolute Gasteiger partial charge is 0.213 e.